The van der Waals surface area contributed by atoms with Crippen LogP contribution in [0.1, 0.15) is 10.4 Å². The normalized spacial score (nSPS) is 15.1. The molecule has 1 aromatic heterocycles. The summed E-state index contributed by atoms with van der Waals surface area (Å²) in [6, 6.07) is 15.1. The van der Waals surface area contributed by atoms with Crippen LogP contribution in [0.25, 0.3) is 21.9 Å². The molecule has 0 unspecified atom stereocenters. The van der Waals surface area contributed by atoms with E-state index in [0.717, 1.165) is 53.9 Å². The number of aliphatic hydroxyl groups is 1. The van der Waals surface area contributed by atoms with Crippen LogP contribution in [0.5, 0.6) is 0 Å². The average Bonchev–Trinajstić information content (AvgIpc) is 2.74. The predicted molar refractivity (Wildman–Crippen MR) is 110 cm³/mol. The van der Waals surface area contributed by atoms with Crippen molar-refractivity contribution in [3.05, 3.63) is 60.3 Å². The highest BCUT2D eigenvalue weighted by Crippen LogP contribution is 2.33. The van der Waals surface area contributed by atoms with Crippen molar-refractivity contribution in [2.24, 2.45) is 0 Å². The molecule has 0 radical (unpaired) electrons. The van der Waals surface area contributed by atoms with Gasteiger partial charge in [-0.1, -0.05) is 36.4 Å². The van der Waals surface area contributed by atoms with E-state index in [4.69, 9.17) is 10.1 Å². The average molecular weight is 377 g/mol. The number of nitrogens with zero attached hydrogens (tertiary/aromatic N) is 3. The zero-order valence-corrected chi connectivity index (χ0v) is 15.6. The summed E-state index contributed by atoms with van der Waals surface area (Å²) in [6.07, 6.45) is 1.85. The molecule has 2 heterocycles. The number of carbonyl (C=O) groups is 1. The molecular weight excluding hydrogens is 354 g/mol. The van der Waals surface area contributed by atoms with Gasteiger partial charge in [-0.2, -0.15) is 0 Å². The second-order valence-corrected chi connectivity index (χ2v) is 6.98. The van der Waals surface area contributed by atoms with Crippen LogP contribution in [0, 0.1) is 0 Å². The van der Waals surface area contributed by atoms with E-state index in [2.05, 4.69) is 21.9 Å². The summed E-state index contributed by atoms with van der Waals surface area (Å²) in [4.78, 5) is 20.6. The number of anilines is 1. The first-order chi connectivity index (χ1) is 13.7. The Morgan fingerprint density at radius 1 is 1.00 bits per heavy atom. The molecule has 1 aliphatic rings. The third-order valence-electron chi connectivity index (χ3n) is 5.28. The standard InChI is InChI=1S/C22H23N3O3/c26-13-12-24-8-10-25(11-9-24)21-19-7-2-1-6-18(19)20(15-23-21)16-4-3-5-17(14-16)22(27)28/h1-7,14-15,26H,8-13H2,(H,27,28). The van der Waals surface area contributed by atoms with Gasteiger partial charge in [0.25, 0.3) is 0 Å². The number of carboxylic acid groups (broad SMARTS) is 1. The number of fused-ring (bicyclic) bond motifs is 1. The van der Waals surface area contributed by atoms with Gasteiger partial charge < -0.3 is 15.1 Å². The van der Waals surface area contributed by atoms with Gasteiger partial charge in [-0.25, -0.2) is 9.78 Å². The van der Waals surface area contributed by atoms with Crippen LogP contribution >= 0.6 is 0 Å². The van der Waals surface area contributed by atoms with Gasteiger partial charge in [-0.3, -0.25) is 4.90 Å². The lowest BCUT2D eigenvalue weighted by atomic mass is 9.98. The summed E-state index contributed by atoms with van der Waals surface area (Å²) in [5, 5.41) is 20.6. The lowest BCUT2D eigenvalue weighted by Gasteiger charge is -2.35. The highest BCUT2D eigenvalue weighted by atomic mass is 16.4. The second-order valence-electron chi connectivity index (χ2n) is 6.98. The van der Waals surface area contributed by atoms with Crippen LogP contribution in [0.4, 0.5) is 5.82 Å². The number of aliphatic hydroxyl groups excluding tert-OH is 1. The first kappa shape index (κ1) is 18.4. The highest BCUT2D eigenvalue weighted by molar-refractivity contribution is 6.02. The Morgan fingerprint density at radius 2 is 1.75 bits per heavy atom. The number of β-amino-alcohol motifs (C(OH)–C–C–N with tert-alkyl or cyclic N) is 1. The van der Waals surface area contributed by atoms with E-state index in [-0.39, 0.29) is 12.2 Å². The number of piperazine rings is 1. The van der Waals surface area contributed by atoms with Crippen molar-refractivity contribution in [3.63, 3.8) is 0 Å². The first-order valence-corrected chi connectivity index (χ1v) is 9.47. The number of carboxylic acids is 1. The van der Waals surface area contributed by atoms with E-state index in [9.17, 15) is 9.90 Å². The molecule has 2 N–H and O–H groups in total. The fourth-order valence-electron chi connectivity index (χ4n) is 3.80. The van der Waals surface area contributed by atoms with Crippen LogP contribution in [-0.2, 0) is 0 Å². The van der Waals surface area contributed by atoms with E-state index < -0.39 is 5.97 Å². The third-order valence-corrected chi connectivity index (χ3v) is 5.28. The molecule has 0 bridgehead atoms. The molecule has 3 aromatic rings. The molecule has 28 heavy (non-hydrogen) atoms. The molecule has 0 amide bonds. The molecule has 2 aromatic carbocycles. The summed E-state index contributed by atoms with van der Waals surface area (Å²) in [5.41, 5.74) is 2.05. The Hall–Kier alpha value is -2.96. The Morgan fingerprint density at radius 3 is 2.46 bits per heavy atom. The Labute approximate surface area is 163 Å². The predicted octanol–water partition coefficient (Wildman–Crippen LogP) is 2.71. The zero-order chi connectivity index (χ0) is 19.5. The molecule has 6 nitrogen and oxygen atoms in total. The van der Waals surface area contributed by atoms with Gasteiger partial charge in [0.05, 0.1) is 12.2 Å². The third kappa shape index (κ3) is 3.56. The summed E-state index contributed by atoms with van der Waals surface area (Å²) < 4.78 is 0. The SMILES string of the molecule is O=C(O)c1cccc(-c2cnc(N3CCN(CCO)CC3)c3ccccc23)c1. The van der Waals surface area contributed by atoms with Crippen molar-refractivity contribution in [1.82, 2.24) is 9.88 Å². The summed E-state index contributed by atoms with van der Waals surface area (Å²) in [5.74, 6) is 0.0221. The Bertz CT molecular complexity index is 997. The molecule has 0 saturated carbocycles. The number of rotatable bonds is 5. The van der Waals surface area contributed by atoms with Crippen LogP contribution in [0.15, 0.2) is 54.7 Å². The highest BCUT2D eigenvalue weighted by Gasteiger charge is 2.20. The summed E-state index contributed by atoms with van der Waals surface area (Å²) >= 11 is 0. The first-order valence-electron chi connectivity index (χ1n) is 9.47. The minimum absolute atomic E-state index is 0.186. The molecular formula is C22H23N3O3. The van der Waals surface area contributed by atoms with Gasteiger partial charge >= 0.3 is 5.97 Å². The molecule has 6 heteroatoms. The topological polar surface area (TPSA) is 76.9 Å². The van der Waals surface area contributed by atoms with Gasteiger partial charge in [-0.15, -0.1) is 0 Å². The van der Waals surface area contributed by atoms with Gasteiger partial charge in [0, 0.05) is 49.9 Å². The van der Waals surface area contributed by atoms with Crippen LogP contribution < -0.4 is 4.90 Å². The van der Waals surface area contributed by atoms with Gasteiger partial charge in [0.15, 0.2) is 0 Å². The van der Waals surface area contributed by atoms with Crippen molar-refractivity contribution in [3.8, 4) is 11.1 Å². The lowest BCUT2D eigenvalue weighted by molar-refractivity contribution is 0.0697. The van der Waals surface area contributed by atoms with E-state index in [1.807, 2.05) is 24.4 Å². The second kappa shape index (κ2) is 7.96. The van der Waals surface area contributed by atoms with Crippen molar-refractivity contribution in [2.45, 2.75) is 0 Å². The number of aromatic carboxylic acids is 1. The van der Waals surface area contributed by atoms with Crippen LogP contribution in [-0.4, -0.2) is 65.4 Å². The van der Waals surface area contributed by atoms with E-state index in [0.29, 0.717) is 6.54 Å². The number of hydrogen-bond donors (Lipinski definition) is 2. The molecule has 1 aliphatic heterocycles. The van der Waals surface area contributed by atoms with Gasteiger partial charge in [0.2, 0.25) is 0 Å². The maximum atomic E-state index is 11.3. The molecule has 1 fully saturated rings. The van der Waals surface area contributed by atoms with Gasteiger partial charge in [-0.05, 0) is 23.1 Å². The van der Waals surface area contributed by atoms with Crippen LogP contribution in [0.3, 0.4) is 0 Å². The minimum atomic E-state index is -0.934. The monoisotopic (exact) mass is 377 g/mol. The molecule has 144 valence electrons. The quantitative estimate of drug-likeness (QED) is 0.712. The molecule has 1 saturated heterocycles. The van der Waals surface area contributed by atoms with Gasteiger partial charge in [0.1, 0.15) is 5.82 Å². The van der Waals surface area contributed by atoms with Crippen molar-refractivity contribution in [1.29, 1.82) is 0 Å². The number of hydrogen-bond acceptors (Lipinski definition) is 5. The van der Waals surface area contributed by atoms with E-state index in [1.54, 1.807) is 18.2 Å². The molecule has 0 atom stereocenters. The maximum absolute atomic E-state index is 11.3. The molecule has 4 rings (SSSR count). The largest absolute Gasteiger partial charge is 0.478 e. The fourth-order valence-corrected chi connectivity index (χ4v) is 3.80. The summed E-state index contributed by atoms with van der Waals surface area (Å²) in [6.45, 7) is 4.43. The number of pyridine rings is 1. The Balaban J connectivity index is 1.72. The van der Waals surface area contributed by atoms with Crippen molar-refractivity contribution in [2.75, 3.05) is 44.2 Å². The lowest BCUT2D eigenvalue weighted by Crippen LogP contribution is -2.47. The van der Waals surface area contributed by atoms with Crippen molar-refractivity contribution >= 4 is 22.6 Å². The van der Waals surface area contributed by atoms with E-state index in [1.165, 1.54) is 0 Å². The molecule has 0 aliphatic carbocycles. The molecule has 0 spiro atoms. The number of benzene rings is 2. The maximum Gasteiger partial charge on any atom is 0.335 e. The minimum Gasteiger partial charge on any atom is -0.478 e. The fraction of sp³-hybridized carbons (Fsp3) is 0.273. The smallest absolute Gasteiger partial charge is 0.335 e. The van der Waals surface area contributed by atoms with E-state index >= 15 is 0 Å². The Kier molecular flexibility index (Phi) is 5.23. The number of aromatic nitrogens is 1. The van der Waals surface area contributed by atoms with Crippen molar-refractivity contribution < 1.29 is 15.0 Å². The zero-order valence-electron chi connectivity index (χ0n) is 15.6. The summed E-state index contributed by atoms with van der Waals surface area (Å²) in [7, 11) is 0. The van der Waals surface area contributed by atoms with Crippen LogP contribution in [0.2, 0.25) is 0 Å².